The number of amides is 1. The van der Waals surface area contributed by atoms with Crippen molar-refractivity contribution < 1.29 is 45.8 Å². The van der Waals surface area contributed by atoms with Crippen molar-refractivity contribution in [3.05, 3.63) is 89.0 Å². The Morgan fingerprint density at radius 2 is 1.40 bits per heavy atom. The Hall–Kier alpha value is -4.02. The first-order valence-corrected chi connectivity index (χ1v) is 13.4. The number of alkyl halides is 6. The summed E-state index contributed by atoms with van der Waals surface area (Å²) >= 11 is 0. The molecule has 0 aliphatic carbocycles. The van der Waals surface area contributed by atoms with Gasteiger partial charge in [0.15, 0.2) is 0 Å². The molecule has 1 unspecified atom stereocenters. The van der Waals surface area contributed by atoms with Gasteiger partial charge in [0.1, 0.15) is 11.9 Å². The highest BCUT2D eigenvalue weighted by atomic mass is 19.4. The van der Waals surface area contributed by atoms with Crippen molar-refractivity contribution in [1.29, 1.82) is 0 Å². The Balaban J connectivity index is 1.81. The number of ether oxygens (including phenoxy) is 1. The number of carboxylic acid groups (broad SMARTS) is 1. The van der Waals surface area contributed by atoms with Crippen LogP contribution in [0.1, 0.15) is 78.6 Å². The van der Waals surface area contributed by atoms with Gasteiger partial charge in [0.2, 0.25) is 0 Å². The number of carboxylic acids is 1. The molecule has 0 aliphatic heterocycles. The van der Waals surface area contributed by atoms with Crippen molar-refractivity contribution >= 4 is 11.9 Å². The molecular weight excluding hydrogens is 564 g/mol. The molecule has 0 spiro atoms. The largest absolute Gasteiger partial charge is 0.486 e. The zero-order valence-corrected chi connectivity index (χ0v) is 22.8. The molecule has 0 bridgehead atoms. The smallest absolute Gasteiger partial charge is 0.416 e. The molecule has 3 rings (SSSR count). The van der Waals surface area contributed by atoms with Crippen LogP contribution in [0.3, 0.4) is 0 Å². The van der Waals surface area contributed by atoms with Crippen LogP contribution in [0.2, 0.25) is 0 Å². The lowest BCUT2D eigenvalue weighted by molar-refractivity contribution is -0.143. The average molecular weight is 596 g/mol. The quantitative estimate of drug-likeness (QED) is 0.153. The first-order chi connectivity index (χ1) is 19.8. The molecule has 0 saturated carbocycles. The average Bonchev–Trinajstić information content (AvgIpc) is 2.93. The topological polar surface area (TPSA) is 75.6 Å². The van der Waals surface area contributed by atoms with Gasteiger partial charge in [0, 0.05) is 12.1 Å². The van der Waals surface area contributed by atoms with Gasteiger partial charge < -0.3 is 15.2 Å². The van der Waals surface area contributed by atoms with Crippen LogP contribution in [0.25, 0.3) is 11.1 Å². The lowest BCUT2D eigenvalue weighted by Crippen LogP contribution is -2.26. The van der Waals surface area contributed by atoms with E-state index < -0.39 is 41.5 Å². The van der Waals surface area contributed by atoms with Crippen molar-refractivity contribution in [2.45, 2.75) is 63.9 Å². The molecule has 3 aromatic rings. The number of carbonyl (C=O) groups is 2. The van der Waals surface area contributed by atoms with Crippen LogP contribution in [0, 0.1) is 0 Å². The van der Waals surface area contributed by atoms with Crippen molar-refractivity contribution in [3.8, 4) is 16.9 Å². The number of nitrogens with one attached hydrogen (secondary N) is 1. The molecule has 0 fully saturated rings. The molecule has 3 aromatic carbocycles. The van der Waals surface area contributed by atoms with E-state index >= 15 is 0 Å². The number of unbranched alkanes of at least 4 members (excludes halogenated alkanes) is 3. The first-order valence-electron chi connectivity index (χ1n) is 13.4. The van der Waals surface area contributed by atoms with Crippen molar-refractivity contribution in [2.24, 2.45) is 0 Å². The normalized spacial score (nSPS) is 12.5. The number of hydrogen-bond acceptors (Lipinski definition) is 3. The number of rotatable bonds is 13. The second kappa shape index (κ2) is 14.2. The maximum Gasteiger partial charge on any atom is 0.416 e. The molecule has 226 valence electrons. The standard InChI is InChI=1S/C31H31F6NO4/c1-2-3-4-5-6-27(21-7-9-22(10-8-21)29(41)38-16-15-28(39)40)42-26-13-11-20(12-14-26)23-17-24(30(32,33)34)19-25(18-23)31(35,36)37/h7-14,17-19,27H,2-6,15-16H2,1H3,(H,38,41)(H,39,40). The number of benzene rings is 3. The Labute approximate surface area is 239 Å². The predicted molar refractivity (Wildman–Crippen MR) is 145 cm³/mol. The monoisotopic (exact) mass is 595 g/mol. The lowest BCUT2D eigenvalue weighted by atomic mass is 9.99. The molecule has 1 atom stereocenters. The molecule has 0 aliphatic rings. The van der Waals surface area contributed by atoms with E-state index in [1.54, 1.807) is 24.3 Å². The van der Waals surface area contributed by atoms with Crippen molar-refractivity contribution in [3.63, 3.8) is 0 Å². The maximum atomic E-state index is 13.3. The van der Waals surface area contributed by atoms with E-state index in [4.69, 9.17) is 9.84 Å². The van der Waals surface area contributed by atoms with Gasteiger partial charge in [-0.3, -0.25) is 9.59 Å². The minimum absolute atomic E-state index is 0.00685. The van der Waals surface area contributed by atoms with E-state index in [2.05, 4.69) is 12.2 Å². The maximum absolute atomic E-state index is 13.3. The highest BCUT2D eigenvalue weighted by molar-refractivity contribution is 5.94. The van der Waals surface area contributed by atoms with E-state index in [1.807, 2.05) is 0 Å². The van der Waals surface area contributed by atoms with Gasteiger partial charge in [0.05, 0.1) is 17.5 Å². The molecule has 0 saturated heterocycles. The fourth-order valence-electron chi connectivity index (χ4n) is 4.30. The molecule has 42 heavy (non-hydrogen) atoms. The number of carbonyl (C=O) groups excluding carboxylic acids is 1. The summed E-state index contributed by atoms with van der Waals surface area (Å²) in [6.45, 7) is 2.07. The van der Waals surface area contributed by atoms with Crippen LogP contribution >= 0.6 is 0 Å². The van der Waals surface area contributed by atoms with Gasteiger partial charge in [-0.05, 0) is 72.0 Å². The van der Waals surface area contributed by atoms with Crippen molar-refractivity contribution in [2.75, 3.05) is 6.54 Å². The minimum atomic E-state index is -4.95. The predicted octanol–water partition coefficient (Wildman–Crippen LogP) is 8.69. The van der Waals surface area contributed by atoms with E-state index in [9.17, 15) is 35.9 Å². The molecular formula is C31H31F6NO4. The van der Waals surface area contributed by atoms with Crippen LogP contribution in [0.5, 0.6) is 5.75 Å². The van der Waals surface area contributed by atoms with Gasteiger partial charge in [0.25, 0.3) is 5.91 Å². The van der Waals surface area contributed by atoms with Crippen molar-refractivity contribution in [1.82, 2.24) is 5.32 Å². The fourth-order valence-corrected chi connectivity index (χ4v) is 4.30. The summed E-state index contributed by atoms with van der Waals surface area (Å²) in [6, 6.07) is 13.9. The lowest BCUT2D eigenvalue weighted by Gasteiger charge is -2.20. The second-order valence-electron chi connectivity index (χ2n) is 9.80. The number of halogens is 6. The molecule has 1 amide bonds. The van der Waals surface area contributed by atoms with E-state index in [0.29, 0.717) is 29.9 Å². The Bertz CT molecular complexity index is 1300. The molecule has 5 nitrogen and oxygen atoms in total. The highest BCUT2D eigenvalue weighted by Crippen LogP contribution is 2.39. The highest BCUT2D eigenvalue weighted by Gasteiger charge is 2.37. The van der Waals surface area contributed by atoms with E-state index in [0.717, 1.165) is 31.2 Å². The molecule has 0 radical (unpaired) electrons. The third kappa shape index (κ3) is 9.53. The summed E-state index contributed by atoms with van der Waals surface area (Å²) in [5, 5.41) is 11.3. The third-order valence-corrected chi connectivity index (χ3v) is 6.54. The van der Waals surface area contributed by atoms with Gasteiger partial charge in [-0.2, -0.15) is 26.3 Å². The molecule has 0 aromatic heterocycles. The first kappa shape index (κ1) is 32.5. The summed E-state index contributed by atoms with van der Waals surface area (Å²) in [7, 11) is 0. The van der Waals surface area contributed by atoms with Crippen LogP contribution in [-0.4, -0.2) is 23.5 Å². The molecule has 2 N–H and O–H groups in total. The number of hydrogen-bond donors (Lipinski definition) is 2. The SMILES string of the molecule is CCCCCCC(Oc1ccc(-c2cc(C(F)(F)F)cc(C(F)(F)F)c2)cc1)c1ccc(C(=O)NCCC(=O)O)cc1. The summed E-state index contributed by atoms with van der Waals surface area (Å²) in [5.74, 6) is -1.07. The summed E-state index contributed by atoms with van der Waals surface area (Å²) in [4.78, 5) is 22.9. The zero-order valence-electron chi connectivity index (χ0n) is 22.8. The Morgan fingerprint density at radius 3 is 1.93 bits per heavy atom. The summed E-state index contributed by atoms with van der Waals surface area (Å²) in [5.41, 5.74) is -1.73. The van der Waals surface area contributed by atoms with Crippen LogP contribution in [0.15, 0.2) is 66.7 Å². The summed E-state index contributed by atoms with van der Waals surface area (Å²) < 4.78 is 85.9. The number of aliphatic carboxylic acids is 1. The minimum Gasteiger partial charge on any atom is -0.486 e. The van der Waals surface area contributed by atoms with Gasteiger partial charge in [-0.25, -0.2) is 0 Å². The Morgan fingerprint density at radius 1 is 0.810 bits per heavy atom. The fraction of sp³-hybridized carbons (Fsp3) is 0.355. The van der Waals surface area contributed by atoms with E-state index in [1.165, 1.54) is 24.3 Å². The van der Waals surface area contributed by atoms with Crippen LogP contribution in [0.4, 0.5) is 26.3 Å². The second-order valence-corrected chi connectivity index (χ2v) is 9.80. The van der Waals surface area contributed by atoms with Gasteiger partial charge >= 0.3 is 18.3 Å². The molecule has 0 heterocycles. The van der Waals surface area contributed by atoms with Crippen LogP contribution < -0.4 is 10.1 Å². The van der Waals surface area contributed by atoms with Crippen LogP contribution in [-0.2, 0) is 17.1 Å². The van der Waals surface area contributed by atoms with Gasteiger partial charge in [-0.15, -0.1) is 0 Å². The van der Waals surface area contributed by atoms with Gasteiger partial charge in [-0.1, -0.05) is 50.5 Å². The van der Waals surface area contributed by atoms with E-state index in [-0.39, 0.29) is 30.2 Å². The molecule has 11 heteroatoms. The third-order valence-electron chi connectivity index (χ3n) is 6.54. The zero-order chi connectivity index (χ0) is 30.9. The summed E-state index contributed by atoms with van der Waals surface area (Å²) in [6.07, 6.45) is -6.01. The Kier molecular flexibility index (Phi) is 11.0.